The minimum absolute atomic E-state index is 0.00122. The van der Waals surface area contributed by atoms with Gasteiger partial charge >= 0.3 is 0 Å². The van der Waals surface area contributed by atoms with E-state index < -0.39 is 11.6 Å². The van der Waals surface area contributed by atoms with Crippen LogP contribution in [-0.4, -0.2) is 13.1 Å². The van der Waals surface area contributed by atoms with Crippen LogP contribution in [0.2, 0.25) is 0 Å². The van der Waals surface area contributed by atoms with Crippen molar-refractivity contribution in [3.63, 3.8) is 0 Å². The molecule has 0 saturated carbocycles. The van der Waals surface area contributed by atoms with Gasteiger partial charge in [-0.1, -0.05) is 42.5 Å². The molecule has 1 nitrogen and oxygen atoms in total. The van der Waals surface area contributed by atoms with Crippen molar-refractivity contribution >= 4 is 0 Å². The summed E-state index contributed by atoms with van der Waals surface area (Å²) in [5.74, 6) is -0.895. The van der Waals surface area contributed by atoms with Crippen molar-refractivity contribution in [1.82, 2.24) is 5.32 Å². The maximum absolute atomic E-state index is 14.0. The number of hydrogen-bond acceptors (Lipinski definition) is 1. The lowest BCUT2D eigenvalue weighted by Crippen LogP contribution is -2.09. The number of benzene rings is 3. The maximum atomic E-state index is 14.0. The standard InChI is InChI=1S/C22H18F3N/c23-17-10-8-15(9-11-17)19-13-26-12-18(19)14-4-6-16(7-5-14)22-20(24)2-1-3-21(22)25/h1-11,18-19,26H,12-13H2. The van der Waals surface area contributed by atoms with Crippen molar-refractivity contribution in [2.45, 2.75) is 11.8 Å². The van der Waals surface area contributed by atoms with E-state index in [1.54, 1.807) is 12.1 Å². The van der Waals surface area contributed by atoms with E-state index in [1.165, 1.54) is 30.3 Å². The third-order valence-electron chi connectivity index (χ3n) is 5.10. The molecule has 26 heavy (non-hydrogen) atoms. The lowest BCUT2D eigenvalue weighted by molar-refractivity contribution is 0.589. The highest BCUT2D eigenvalue weighted by atomic mass is 19.1. The Bertz CT molecular complexity index is 883. The van der Waals surface area contributed by atoms with Gasteiger partial charge in [0.25, 0.3) is 0 Å². The number of nitrogens with one attached hydrogen (secondary N) is 1. The zero-order valence-electron chi connectivity index (χ0n) is 14.1. The fourth-order valence-electron chi connectivity index (χ4n) is 3.76. The van der Waals surface area contributed by atoms with E-state index in [2.05, 4.69) is 5.32 Å². The van der Waals surface area contributed by atoms with E-state index >= 15 is 0 Å². The molecule has 0 aliphatic carbocycles. The number of rotatable bonds is 3. The first kappa shape index (κ1) is 16.9. The summed E-state index contributed by atoms with van der Waals surface area (Å²) in [6, 6.07) is 17.9. The predicted octanol–water partition coefficient (Wildman–Crippen LogP) is 5.24. The van der Waals surface area contributed by atoms with Crippen molar-refractivity contribution in [1.29, 1.82) is 0 Å². The molecule has 1 N–H and O–H groups in total. The monoisotopic (exact) mass is 353 g/mol. The van der Waals surface area contributed by atoms with Crippen LogP contribution in [0.25, 0.3) is 11.1 Å². The number of hydrogen-bond donors (Lipinski definition) is 1. The van der Waals surface area contributed by atoms with Crippen LogP contribution in [0.4, 0.5) is 13.2 Å². The van der Waals surface area contributed by atoms with Crippen molar-refractivity contribution < 1.29 is 13.2 Å². The quantitative estimate of drug-likeness (QED) is 0.679. The van der Waals surface area contributed by atoms with Crippen LogP contribution in [0.3, 0.4) is 0 Å². The summed E-state index contributed by atoms with van der Waals surface area (Å²) in [5, 5.41) is 3.38. The third-order valence-corrected chi connectivity index (χ3v) is 5.10. The molecule has 1 fully saturated rings. The summed E-state index contributed by atoms with van der Waals surface area (Å²) in [7, 11) is 0. The van der Waals surface area contributed by atoms with Gasteiger partial charge in [-0.3, -0.25) is 0 Å². The smallest absolute Gasteiger partial charge is 0.133 e. The van der Waals surface area contributed by atoms with E-state index in [-0.39, 0.29) is 23.2 Å². The van der Waals surface area contributed by atoms with E-state index in [0.29, 0.717) is 5.56 Å². The molecule has 0 spiro atoms. The summed E-state index contributed by atoms with van der Waals surface area (Å²) < 4.78 is 41.1. The van der Waals surface area contributed by atoms with Crippen molar-refractivity contribution in [2.75, 3.05) is 13.1 Å². The van der Waals surface area contributed by atoms with E-state index in [9.17, 15) is 13.2 Å². The van der Waals surface area contributed by atoms with Gasteiger partial charge in [-0.05, 0) is 41.0 Å². The summed E-state index contributed by atoms with van der Waals surface area (Å²) >= 11 is 0. The molecular formula is C22H18F3N. The van der Waals surface area contributed by atoms with Crippen LogP contribution < -0.4 is 5.32 Å². The lowest BCUT2D eigenvalue weighted by Gasteiger charge is -2.20. The molecule has 0 radical (unpaired) electrons. The third kappa shape index (κ3) is 3.13. The zero-order valence-corrected chi connectivity index (χ0v) is 14.1. The SMILES string of the molecule is Fc1ccc(C2CNCC2c2ccc(-c3c(F)cccc3F)cc2)cc1. The Morgan fingerprint density at radius 2 is 1.15 bits per heavy atom. The maximum Gasteiger partial charge on any atom is 0.133 e. The van der Waals surface area contributed by atoms with Crippen molar-refractivity contribution in [2.24, 2.45) is 0 Å². The van der Waals surface area contributed by atoms with Gasteiger partial charge in [-0.25, -0.2) is 13.2 Å². The van der Waals surface area contributed by atoms with Crippen LogP contribution >= 0.6 is 0 Å². The van der Waals surface area contributed by atoms with Crippen LogP contribution in [0.15, 0.2) is 66.7 Å². The summed E-state index contributed by atoms with van der Waals surface area (Å²) in [5.41, 5.74) is 2.71. The van der Waals surface area contributed by atoms with E-state index in [4.69, 9.17) is 0 Å². The first-order chi connectivity index (χ1) is 12.6. The molecule has 2 unspecified atom stereocenters. The first-order valence-electron chi connectivity index (χ1n) is 8.64. The molecule has 0 amide bonds. The second kappa shape index (κ2) is 6.96. The topological polar surface area (TPSA) is 12.0 Å². The second-order valence-corrected chi connectivity index (χ2v) is 6.64. The van der Waals surface area contributed by atoms with Gasteiger partial charge in [-0.2, -0.15) is 0 Å². The minimum atomic E-state index is -0.565. The van der Waals surface area contributed by atoms with Gasteiger partial charge < -0.3 is 5.32 Å². The molecule has 132 valence electrons. The fraction of sp³-hybridized carbons (Fsp3) is 0.182. The summed E-state index contributed by atoms with van der Waals surface area (Å²) in [6.07, 6.45) is 0. The lowest BCUT2D eigenvalue weighted by atomic mass is 9.83. The largest absolute Gasteiger partial charge is 0.315 e. The van der Waals surface area contributed by atoms with Gasteiger partial charge in [0.05, 0.1) is 5.56 Å². The zero-order chi connectivity index (χ0) is 18.1. The molecular weight excluding hydrogens is 335 g/mol. The minimum Gasteiger partial charge on any atom is -0.315 e. The van der Waals surface area contributed by atoms with E-state index in [0.717, 1.165) is 24.2 Å². The summed E-state index contributed by atoms with van der Waals surface area (Å²) in [6.45, 7) is 1.63. The van der Waals surface area contributed by atoms with Crippen molar-refractivity contribution in [3.8, 4) is 11.1 Å². The molecule has 1 aliphatic rings. The Kier molecular flexibility index (Phi) is 4.51. The van der Waals surface area contributed by atoms with Crippen molar-refractivity contribution in [3.05, 3.63) is 95.3 Å². The average Bonchev–Trinajstić information content (AvgIpc) is 3.12. The van der Waals surface area contributed by atoms with Gasteiger partial charge in [0, 0.05) is 24.9 Å². The summed E-state index contributed by atoms with van der Waals surface area (Å²) in [4.78, 5) is 0. The highest BCUT2D eigenvalue weighted by Crippen LogP contribution is 2.37. The molecule has 4 heteroatoms. The Morgan fingerprint density at radius 3 is 1.69 bits per heavy atom. The van der Waals surface area contributed by atoms with Gasteiger partial charge in [0.1, 0.15) is 17.5 Å². The molecule has 2 atom stereocenters. The highest BCUT2D eigenvalue weighted by Gasteiger charge is 2.29. The molecule has 4 rings (SSSR count). The van der Waals surface area contributed by atoms with Gasteiger partial charge in [0.15, 0.2) is 0 Å². The Labute approximate surface area is 150 Å². The molecule has 3 aromatic carbocycles. The molecule has 0 bridgehead atoms. The molecule has 0 aromatic heterocycles. The van der Waals surface area contributed by atoms with Crippen LogP contribution in [0.1, 0.15) is 23.0 Å². The molecule has 1 aliphatic heterocycles. The molecule has 3 aromatic rings. The Hall–Kier alpha value is -2.59. The molecule has 1 heterocycles. The van der Waals surface area contributed by atoms with E-state index in [1.807, 2.05) is 24.3 Å². The Balaban J connectivity index is 1.63. The van der Waals surface area contributed by atoms with Crippen LogP contribution in [-0.2, 0) is 0 Å². The number of halogens is 3. The fourth-order valence-corrected chi connectivity index (χ4v) is 3.76. The highest BCUT2D eigenvalue weighted by molar-refractivity contribution is 5.65. The Morgan fingerprint density at radius 1 is 0.654 bits per heavy atom. The molecule has 1 saturated heterocycles. The normalized spacial score (nSPS) is 19.7. The predicted molar refractivity (Wildman–Crippen MR) is 96.5 cm³/mol. The average molecular weight is 353 g/mol. The van der Waals surface area contributed by atoms with Crippen LogP contribution in [0, 0.1) is 17.5 Å². The second-order valence-electron chi connectivity index (χ2n) is 6.64. The van der Waals surface area contributed by atoms with Crippen LogP contribution in [0.5, 0.6) is 0 Å². The first-order valence-corrected chi connectivity index (χ1v) is 8.64. The van der Waals surface area contributed by atoms with Gasteiger partial charge in [0.2, 0.25) is 0 Å². The van der Waals surface area contributed by atoms with Gasteiger partial charge in [-0.15, -0.1) is 0 Å².